The van der Waals surface area contributed by atoms with Crippen LogP contribution in [-0.4, -0.2) is 4.70 Å². The molecule has 1 aliphatic heterocycles. The van der Waals surface area contributed by atoms with Crippen molar-refractivity contribution >= 4 is 11.4 Å². The summed E-state index contributed by atoms with van der Waals surface area (Å²) in [5, 5.41) is 0. The van der Waals surface area contributed by atoms with Crippen molar-refractivity contribution < 1.29 is 25.1 Å². The van der Waals surface area contributed by atoms with Crippen LogP contribution in [0.25, 0.3) is 16.9 Å². The van der Waals surface area contributed by atoms with Crippen LogP contribution in [0.5, 0.6) is 0 Å². The van der Waals surface area contributed by atoms with Gasteiger partial charge in [-0.2, -0.15) is 12.8 Å². The fraction of sp³-hybridized carbons (Fsp3) is 0.795. The Bertz CT molecular complexity index is 1790. The molecule has 0 amide bonds. The second-order valence-electron chi connectivity index (χ2n) is 28.5. The standard InChI is InChI=1S/C34H48N2.2C27H55.Pd/c1-5-9-13-14-24-32-31(23-12-8-4)33(29-21-15-19-27(25-29)17-10-6-2)36(35)34(32)30-22-16-20-28(26-30)18-11-7-3;2*1-3-5-7-9-11-13-15-17-19-21-23-25-27-26-24-22-20-18-16-14-12-10-8-6-4-2;/h15-16,19-22,25-26H,5-14,17-18,23-24H2,1-4H3;2*1,3-27H2,2H3;/q;2*-1;+2. The third-order valence-electron chi connectivity index (χ3n) is 19.7. The van der Waals surface area contributed by atoms with Gasteiger partial charge in [0.25, 0.3) is 0 Å². The molecule has 1 heterocycles. The molecule has 0 fully saturated rings. The zero-order chi connectivity index (χ0) is 65.1. The van der Waals surface area contributed by atoms with E-state index in [1.165, 1.54) is 382 Å². The number of benzene rings is 2. The fourth-order valence-corrected chi connectivity index (χ4v) is 13.7. The van der Waals surface area contributed by atoms with Crippen molar-refractivity contribution in [1.29, 1.82) is 0 Å². The minimum Gasteiger partial charge on any atom is -0.493 e. The van der Waals surface area contributed by atoms with E-state index in [0.29, 0.717) is 0 Å². The Balaban J connectivity index is 0.00000135. The quantitative estimate of drug-likeness (QED) is 0.0273. The van der Waals surface area contributed by atoms with Crippen molar-refractivity contribution in [1.82, 2.24) is 0 Å². The van der Waals surface area contributed by atoms with E-state index in [1.54, 1.807) is 4.70 Å². The summed E-state index contributed by atoms with van der Waals surface area (Å²) in [7, 11) is 0. The molecular formula is C88H158N2Pd. The van der Waals surface area contributed by atoms with E-state index in [4.69, 9.17) is 0 Å². The number of hydrogen-bond acceptors (Lipinski definition) is 0. The number of nitrogens with zero attached hydrogens (tertiary/aromatic N) is 2. The van der Waals surface area contributed by atoms with E-state index >= 15 is 0 Å². The van der Waals surface area contributed by atoms with Crippen LogP contribution in [0.15, 0.2) is 59.7 Å². The molecule has 0 bridgehead atoms. The summed E-state index contributed by atoms with van der Waals surface area (Å²) in [6, 6.07) is 17.8. The third-order valence-corrected chi connectivity index (χ3v) is 19.7. The van der Waals surface area contributed by atoms with Gasteiger partial charge in [-0.3, -0.25) is 0 Å². The van der Waals surface area contributed by atoms with Gasteiger partial charge in [-0.25, -0.2) is 4.70 Å². The Morgan fingerprint density at radius 3 is 0.681 bits per heavy atom. The summed E-state index contributed by atoms with van der Waals surface area (Å²) in [4.78, 5) is 0. The van der Waals surface area contributed by atoms with Crippen LogP contribution in [-0.2, 0) is 33.3 Å². The van der Waals surface area contributed by atoms with E-state index in [-0.39, 0.29) is 20.4 Å². The summed E-state index contributed by atoms with van der Waals surface area (Å²) in [6.45, 7) is 21.5. The summed E-state index contributed by atoms with van der Waals surface area (Å²) < 4.78 is 1.55. The van der Waals surface area contributed by atoms with E-state index in [1.807, 2.05) is 0 Å². The molecule has 0 N–H and O–H groups in total. The van der Waals surface area contributed by atoms with Gasteiger partial charge in [-0.1, -0.05) is 413 Å². The Hall–Kier alpha value is -1.82. The monoisotopic (exact) mass is 1350 g/mol. The van der Waals surface area contributed by atoms with Gasteiger partial charge in [0, 0.05) is 22.3 Å². The van der Waals surface area contributed by atoms with Crippen LogP contribution in [0.2, 0.25) is 0 Å². The van der Waals surface area contributed by atoms with E-state index in [9.17, 15) is 5.53 Å². The molecule has 3 rings (SSSR count). The Morgan fingerprint density at radius 1 is 0.253 bits per heavy atom. The molecule has 0 spiro atoms. The third kappa shape index (κ3) is 52.0. The van der Waals surface area contributed by atoms with Crippen molar-refractivity contribution in [2.24, 2.45) is 0 Å². The van der Waals surface area contributed by atoms with Gasteiger partial charge in [0.15, 0.2) is 0 Å². The molecule has 0 unspecified atom stereocenters. The normalized spacial score (nSPS) is 12.2. The van der Waals surface area contributed by atoms with Crippen LogP contribution >= 0.6 is 0 Å². The van der Waals surface area contributed by atoms with Crippen LogP contribution in [0, 0.1) is 13.8 Å². The maximum absolute atomic E-state index is 11.8. The topological polar surface area (TPSA) is 25.3 Å². The van der Waals surface area contributed by atoms with Crippen molar-refractivity contribution in [2.75, 3.05) is 0 Å². The number of rotatable bonds is 64. The molecule has 2 nitrogen and oxygen atoms in total. The minimum absolute atomic E-state index is 0. The van der Waals surface area contributed by atoms with Crippen LogP contribution < -0.4 is 0 Å². The first kappa shape index (κ1) is 89.2. The SMILES string of the molecule is CCCCCCC1=C(c2cccc(CCCC)c2)[N+](=[N-])C(c2cccc(CCCC)c2)=C1CCCC.[CH2-]CCCCCCCCCCCCCCCCCCCCCCCCCC.[CH2-]CCCCCCCCCCCCCCCCCCCCCCCCCC.[Pd+2]. The zero-order valence-corrected chi connectivity index (χ0v) is 64.1. The van der Waals surface area contributed by atoms with E-state index < -0.39 is 0 Å². The van der Waals surface area contributed by atoms with Gasteiger partial charge in [0.1, 0.15) is 0 Å². The summed E-state index contributed by atoms with van der Waals surface area (Å²) in [6.07, 6.45) is 88.8. The van der Waals surface area contributed by atoms with Gasteiger partial charge in [-0.15, -0.1) is 0 Å². The second-order valence-corrected chi connectivity index (χ2v) is 28.5. The number of aryl methyl sites for hydroxylation is 2. The van der Waals surface area contributed by atoms with Gasteiger partial charge in [0.2, 0.25) is 11.4 Å². The molecule has 91 heavy (non-hydrogen) atoms. The average molecular weight is 1350 g/mol. The minimum atomic E-state index is 0. The predicted octanol–water partition coefficient (Wildman–Crippen LogP) is 31.9. The molecule has 3 heteroatoms. The number of hydrogen-bond donors (Lipinski definition) is 0. The first-order valence-electron chi connectivity index (χ1n) is 41.2. The van der Waals surface area contributed by atoms with Gasteiger partial charge < -0.3 is 19.4 Å². The first-order chi connectivity index (χ1) is 44.5. The van der Waals surface area contributed by atoms with Crippen LogP contribution in [0.3, 0.4) is 0 Å². The molecule has 2 aromatic rings. The molecule has 0 aromatic heterocycles. The van der Waals surface area contributed by atoms with E-state index in [0.717, 1.165) is 73.9 Å². The first-order valence-corrected chi connectivity index (χ1v) is 41.2. The largest absolute Gasteiger partial charge is 2.00 e. The fourth-order valence-electron chi connectivity index (χ4n) is 13.7. The van der Waals surface area contributed by atoms with Gasteiger partial charge in [-0.05, 0) is 86.8 Å². The van der Waals surface area contributed by atoms with Gasteiger partial charge >= 0.3 is 20.4 Å². The molecule has 0 aliphatic carbocycles. The van der Waals surface area contributed by atoms with Crippen molar-refractivity contribution in [3.63, 3.8) is 0 Å². The molecule has 0 atom stereocenters. The predicted molar refractivity (Wildman–Crippen MR) is 409 cm³/mol. The van der Waals surface area contributed by atoms with Crippen molar-refractivity contribution in [3.05, 3.63) is 101 Å². The Labute approximate surface area is 586 Å². The number of unbranched alkanes of at least 4 members (excludes halogenated alkanes) is 54. The zero-order valence-electron chi connectivity index (χ0n) is 62.5. The molecular weight excluding hydrogens is 1190 g/mol. The van der Waals surface area contributed by atoms with Gasteiger partial charge in [0.05, 0.1) is 0 Å². The Morgan fingerprint density at radius 2 is 0.451 bits per heavy atom. The molecule has 0 saturated carbocycles. The average Bonchev–Trinajstić information content (AvgIpc) is 1.62. The maximum atomic E-state index is 11.8. The van der Waals surface area contributed by atoms with Crippen molar-refractivity contribution in [2.45, 2.75) is 452 Å². The molecule has 0 saturated heterocycles. The summed E-state index contributed by atoms with van der Waals surface area (Å²) in [5.74, 6) is 0. The second kappa shape index (κ2) is 71.0. The van der Waals surface area contributed by atoms with Crippen LogP contribution in [0.1, 0.15) is 462 Å². The molecule has 530 valence electrons. The smallest absolute Gasteiger partial charge is 0.493 e. The molecule has 1 aliphatic rings. The Kier molecular flexibility index (Phi) is 69.6. The molecule has 2 aromatic carbocycles. The summed E-state index contributed by atoms with van der Waals surface area (Å²) in [5.41, 5.74) is 21.6. The summed E-state index contributed by atoms with van der Waals surface area (Å²) >= 11 is 0. The van der Waals surface area contributed by atoms with E-state index in [2.05, 4.69) is 104 Å². The number of allylic oxidation sites excluding steroid dienone is 2. The molecule has 0 radical (unpaired) electrons. The van der Waals surface area contributed by atoms with Crippen molar-refractivity contribution in [3.8, 4) is 0 Å². The van der Waals surface area contributed by atoms with Crippen LogP contribution in [0.4, 0.5) is 0 Å². The maximum Gasteiger partial charge on any atom is 2.00 e.